The van der Waals surface area contributed by atoms with Gasteiger partial charge in [0.15, 0.2) is 0 Å². The largest absolute Gasteiger partial charge is 0.386 e. The van der Waals surface area contributed by atoms with Crippen LogP contribution in [0.1, 0.15) is 5.69 Å². The Morgan fingerprint density at radius 1 is 1.55 bits per heavy atom. The van der Waals surface area contributed by atoms with E-state index in [9.17, 15) is 0 Å². The average Bonchev–Trinajstić information content (AvgIpc) is 2.03. The molecule has 1 heterocycles. The summed E-state index contributed by atoms with van der Waals surface area (Å²) in [6.07, 6.45) is 3.44. The van der Waals surface area contributed by atoms with Crippen LogP contribution in [0.4, 0.5) is 0 Å². The van der Waals surface area contributed by atoms with E-state index in [1.165, 1.54) is 0 Å². The molecule has 0 atom stereocenters. The van der Waals surface area contributed by atoms with Crippen LogP contribution in [0.15, 0.2) is 37.2 Å². The van der Waals surface area contributed by atoms with Crippen molar-refractivity contribution in [3.8, 4) is 0 Å². The third-order valence-corrected chi connectivity index (χ3v) is 1.15. The molecule has 0 aliphatic carbocycles. The van der Waals surface area contributed by atoms with Crippen molar-refractivity contribution in [2.75, 3.05) is 0 Å². The van der Waals surface area contributed by atoms with E-state index in [2.05, 4.69) is 16.9 Å². The van der Waals surface area contributed by atoms with Crippen LogP contribution >= 0.6 is 17.0 Å². The molecule has 0 spiro atoms. The fourth-order valence-corrected chi connectivity index (χ4v) is 0.679. The molecule has 0 radical (unpaired) electrons. The molecule has 0 bridgehead atoms. The zero-order valence-electron chi connectivity index (χ0n) is 6.16. The van der Waals surface area contributed by atoms with Crippen LogP contribution in [0.2, 0.25) is 0 Å². The third-order valence-electron chi connectivity index (χ3n) is 1.15. The normalized spacial score (nSPS) is 8.00. The lowest BCUT2D eigenvalue weighted by Gasteiger charge is -1.97. The van der Waals surface area contributed by atoms with Crippen molar-refractivity contribution in [1.29, 1.82) is 0 Å². The highest BCUT2D eigenvalue weighted by Gasteiger charge is 1.86. The Bertz CT molecular complexity index is 199. The highest BCUT2D eigenvalue weighted by Crippen LogP contribution is 1.90. The monoisotopic (exact) mass is 214 g/mol. The van der Waals surface area contributed by atoms with Gasteiger partial charge in [0.2, 0.25) is 0 Å². The van der Waals surface area contributed by atoms with Crippen LogP contribution in [0.25, 0.3) is 0 Å². The molecule has 0 saturated carbocycles. The van der Waals surface area contributed by atoms with E-state index in [1.807, 2.05) is 18.2 Å². The van der Waals surface area contributed by atoms with Gasteiger partial charge in [-0.05, 0) is 18.3 Å². The van der Waals surface area contributed by atoms with E-state index in [1.54, 1.807) is 12.4 Å². The molecule has 2 nitrogen and oxygen atoms in total. The van der Waals surface area contributed by atoms with Gasteiger partial charge in [-0.2, -0.15) is 0 Å². The van der Waals surface area contributed by atoms with Crippen molar-refractivity contribution in [2.24, 2.45) is 0 Å². The van der Waals surface area contributed by atoms with Crippen LogP contribution in [-0.4, -0.2) is 4.98 Å². The van der Waals surface area contributed by atoms with Crippen molar-refractivity contribution in [2.45, 2.75) is 6.54 Å². The van der Waals surface area contributed by atoms with E-state index < -0.39 is 0 Å². The molecule has 0 aromatic carbocycles. The first-order chi connectivity index (χ1) is 4.93. The summed E-state index contributed by atoms with van der Waals surface area (Å²) in [4.78, 5) is 4.11. The van der Waals surface area contributed by atoms with Crippen LogP contribution < -0.4 is 5.32 Å². The van der Waals surface area contributed by atoms with Crippen molar-refractivity contribution >= 4 is 17.0 Å². The maximum Gasteiger partial charge on any atom is 0.0594 e. The molecule has 0 unspecified atom stereocenters. The molecule has 1 aromatic rings. The van der Waals surface area contributed by atoms with Gasteiger partial charge in [-0.25, -0.2) is 0 Å². The summed E-state index contributed by atoms with van der Waals surface area (Å²) in [6, 6.07) is 5.83. The highest BCUT2D eigenvalue weighted by atomic mass is 79.9. The second kappa shape index (κ2) is 5.92. The smallest absolute Gasteiger partial charge is 0.0594 e. The Morgan fingerprint density at radius 3 is 2.91 bits per heavy atom. The van der Waals surface area contributed by atoms with Crippen LogP contribution in [0.5, 0.6) is 0 Å². The van der Waals surface area contributed by atoms with Gasteiger partial charge in [-0.15, -0.1) is 17.0 Å². The highest BCUT2D eigenvalue weighted by molar-refractivity contribution is 8.93. The number of halogens is 1. The van der Waals surface area contributed by atoms with E-state index in [0.717, 1.165) is 12.2 Å². The van der Waals surface area contributed by atoms with Crippen LogP contribution in [0.3, 0.4) is 0 Å². The molecule has 0 fully saturated rings. The van der Waals surface area contributed by atoms with Crippen LogP contribution in [0, 0.1) is 0 Å². The number of nitrogens with one attached hydrogen (secondary N) is 1. The summed E-state index contributed by atoms with van der Waals surface area (Å²) in [5.41, 5.74) is 1.03. The summed E-state index contributed by atoms with van der Waals surface area (Å²) < 4.78 is 0. The third kappa shape index (κ3) is 3.78. The maximum atomic E-state index is 4.11. The minimum Gasteiger partial charge on any atom is -0.386 e. The fraction of sp³-hybridized carbons (Fsp3) is 0.125. The fourth-order valence-electron chi connectivity index (χ4n) is 0.679. The van der Waals surface area contributed by atoms with E-state index in [-0.39, 0.29) is 17.0 Å². The number of rotatable bonds is 3. The average molecular weight is 215 g/mol. The molecule has 0 aliphatic heterocycles. The lowest BCUT2D eigenvalue weighted by Crippen LogP contribution is -2.04. The molecule has 3 heteroatoms. The molecule has 1 rings (SSSR count). The first-order valence-electron chi connectivity index (χ1n) is 3.17. The minimum atomic E-state index is 0. The summed E-state index contributed by atoms with van der Waals surface area (Å²) in [5, 5.41) is 2.97. The Labute approximate surface area is 77.1 Å². The molecule has 60 valence electrons. The van der Waals surface area contributed by atoms with Gasteiger partial charge < -0.3 is 5.32 Å². The molecule has 0 saturated heterocycles. The topological polar surface area (TPSA) is 24.9 Å². The van der Waals surface area contributed by atoms with Gasteiger partial charge in [-0.1, -0.05) is 12.6 Å². The van der Waals surface area contributed by atoms with Crippen molar-refractivity contribution in [3.05, 3.63) is 42.9 Å². The lowest BCUT2D eigenvalue weighted by atomic mass is 10.3. The van der Waals surface area contributed by atoms with E-state index >= 15 is 0 Å². The standard InChI is InChI=1S/C8H10N2.BrH/c1-2-9-7-8-5-3-4-6-10-8;/h2-6,9H,1,7H2;1H. The first kappa shape index (κ1) is 10.2. The predicted octanol–water partition coefficient (Wildman–Crippen LogP) is 1.89. The molecule has 0 aliphatic rings. The van der Waals surface area contributed by atoms with Gasteiger partial charge in [0.1, 0.15) is 0 Å². The first-order valence-corrected chi connectivity index (χ1v) is 3.17. The summed E-state index contributed by atoms with van der Waals surface area (Å²) in [7, 11) is 0. The lowest BCUT2D eigenvalue weighted by molar-refractivity contribution is 0.838. The van der Waals surface area contributed by atoms with Gasteiger partial charge in [0.25, 0.3) is 0 Å². The molecule has 11 heavy (non-hydrogen) atoms. The second-order valence-electron chi connectivity index (χ2n) is 1.91. The summed E-state index contributed by atoms with van der Waals surface area (Å²) >= 11 is 0. The molecular weight excluding hydrogens is 204 g/mol. The molecule has 1 aromatic heterocycles. The number of pyridine rings is 1. The molecule has 0 amide bonds. The SMILES string of the molecule is Br.C=CNCc1ccccn1. The van der Waals surface area contributed by atoms with Crippen molar-refractivity contribution in [3.63, 3.8) is 0 Å². The minimum absolute atomic E-state index is 0. The number of aromatic nitrogens is 1. The van der Waals surface area contributed by atoms with Crippen LogP contribution in [-0.2, 0) is 6.54 Å². The molecular formula is C8H11BrN2. The van der Waals surface area contributed by atoms with Gasteiger partial charge in [0.05, 0.1) is 12.2 Å². The van der Waals surface area contributed by atoms with Gasteiger partial charge in [0, 0.05) is 6.20 Å². The quantitative estimate of drug-likeness (QED) is 0.832. The second-order valence-corrected chi connectivity index (χ2v) is 1.91. The van der Waals surface area contributed by atoms with Crippen molar-refractivity contribution < 1.29 is 0 Å². The predicted molar refractivity (Wildman–Crippen MR) is 51.6 cm³/mol. The summed E-state index contributed by atoms with van der Waals surface area (Å²) in [6.45, 7) is 4.29. The summed E-state index contributed by atoms with van der Waals surface area (Å²) in [5.74, 6) is 0. The number of nitrogens with zero attached hydrogens (tertiary/aromatic N) is 1. The maximum absolute atomic E-state index is 4.11. The zero-order chi connectivity index (χ0) is 7.23. The Kier molecular flexibility index (Phi) is 5.47. The Balaban J connectivity index is 0.000001000. The Morgan fingerprint density at radius 2 is 2.36 bits per heavy atom. The number of hydrogen-bond donors (Lipinski definition) is 1. The Hall–Kier alpha value is -0.830. The van der Waals surface area contributed by atoms with Gasteiger partial charge >= 0.3 is 0 Å². The van der Waals surface area contributed by atoms with Crippen molar-refractivity contribution in [1.82, 2.24) is 10.3 Å². The zero-order valence-corrected chi connectivity index (χ0v) is 7.87. The van der Waals surface area contributed by atoms with Gasteiger partial charge in [-0.3, -0.25) is 4.98 Å². The van der Waals surface area contributed by atoms with E-state index in [4.69, 9.17) is 0 Å². The van der Waals surface area contributed by atoms with E-state index in [0.29, 0.717) is 0 Å². The molecule has 1 N–H and O–H groups in total. The number of hydrogen-bond acceptors (Lipinski definition) is 2.